The summed E-state index contributed by atoms with van der Waals surface area (Å²) in [5.74, 6) is 0. The maximum atomic E-state index is 9.70. The summed E-state index contributed by atoms with van der Waals surface area (Å²) in [5.41, 5.74) is 1.92. The summed E-state index contributed by atoms with van der Waals surface area (Å²) >= 11 is 1.60. The molecule has 0 aromatic carbocycles. The first kappa shape index (κ1) is 12.8. The van der Waals surface area contributed by atoms with E-state index in [0.29, 0.717) is 6.42 Å². The van der Waals surface area contributed by atoms with Crippen LogP contribution in [0.1, 0.15) is 23.8 Å². The van der Waals surface area contributed by atoms with Gasteiger partial charge < -0.3 is 14.9 Å². The molecule has 0 aliphatic carbocycles. The van der Waals surface area contributed by atoms with E-state index < -0.39 is 12.2 Å². The Hall–Kier alpha value is -0.620. The van der Waals surface area contributed by atoms with Gasteiger partial charge in [0.15, 0.2) is 0 Å². The van der Waals surface area contributed by atoms with Crippen LogP contribution in [-0.2, 0) is 4.74 Å². The van der Waals surface area contributed by atoms with Crippen LogP contribution in [0.15, 0.2) is 17.2 Å². The fourth-order valence-electron chi connectivity index (χ4n) is 2.10. The molecule has 2 N–H and O–H groups in total. The fourth-order valence-corrected chi connectivity index (χ4v) is 2.53. The zero-order valence-corrected chi connectivity index (χ0v) is 10.8. The molecular formula is C12H17NO3S. The topological polar surface area (TPSA) is 62.6 Å². The van der Waals surface area contributed by atoms with Crippen molar-refractivity contribution in [2.75, 3.05) is 12.9 Å². The number of aliphatic hydroxyl groups is 2. The summed E-state index contributed by atoms with van der Waals surface area (Å²) in [7, 11) is 0. The molecule has 0 bridgehead atoms. The van der Waals surface area contributed by atoms with Gasteiger partial charge in [-0.3, -0.25) is 0 Å². The van der Waals surface area contributed by atoms with Gasteiger partial charge in [-0.1, -0.05) is 6.07 Å². The molecule has 4 nitrogen and oxygen atoms in total. The van der Waals surface area contributed by atoms with Crippen LogP contribution in [0, 0.1) is 6.92 Å². The Bertz CT molecular complexity index is 399. The van der Waals surface area contributed by atoms with E-state index in [4.69, 9.17) is 9.84 Å². The highest BCUT2D eigenvalue weighted by molar-refractivity contribution is 7.98. The SMILES string of the molecule is CSc1ccc([C@H]2C[C@H](O)[C@@H](CO)O2)c(C)n1. The number of hydrogen-bond donors (Lipinski definition) is 2. The number of hydrogen-bond acceptors (Lipinski definition) is 5. The monoisotopic (exact) mass is 255 g/mol. The van der Waals surface area contributed by atoms with Gasteiger partial charge in [0, 0.05) is 17.7 Å². The van der Waals surface area contributed by atoms with Gasteiger partial charge in [-0.2, -0.15) is 0 Å². The van der Waals surface area contributed by atoms with Gasteiger partial charge in [-0.15, -0.1) is 11.8 Å². The zero-order chi connectivity index (χ0) is 12.4. The molecule has 2 heterocycles. The van der Waals surface area contributed by atoms with Gasteiger partial charge in [0.2, 0.25) is 0 Å². The van der Waals surface area contributed by atoms with E-state index in [1.807, 2.05) is 25.3 Å². The number of rotatable bonds is 3. The Labute approximate surface area is 105 Å². The number of aromatic nitrogens is 1. The van der Waals surface area contributed by atoms with E-state index >= 15 is 0 Å². The lowest BCUT2D eigenvalue weighted by Gasteiger charge is -2.14. The van der Waals surface area contributed by atoms with Crippen molar-refractivity contribution in [2.45, 2.75) is 36.7 Å². The molecule has 1 saturated heterocycles. The molecule has 94 valence electrons. The molecule has 0 unspecified atom stereocenters. The van der Waals surface area contributed by atoms with Gasteiger partial charge >= 0.3 is 0 Å². The molecule has 5 heteroatoms. The quantitative estimate of drug-likeness (QED) is 0.797. The molecule has 0 saturated carbocycles. The Kier molecular flexibility index (Phi) is 4.04. The molecule has 2 rings (SSSR count). The Morgan fingerprint density at radius 2 is 2.29 bits per heavy atom. The van der Waals surface area contributed by atoms with Crippen molar-refractivity contribution in [3.8, 4) is 0 Å². The van der Waals surface area contributed by atoms with E-state index in [1.54, 1.807) is 11.8 Å². The summed E-state index contributed by atoms with van der Waals surface area (Å²) in [6.07, 6.45) is 1.28. The largest absolute Gasteiger partial charge is 0.394 e. The van der Waals surface area contributed by atoms with Crippen molar-refractivity contribution in [3.63, 3.8) is 0 Å². The Morgan fingerprint density at radius 1 is 1.53 bits per heavy atom. The third-order valence-electron chi connectivity index (χ3n) is 3.06. The minimum atomic E-state index is -0.593. The fraction of sp³-hybridized carbons (Fsp3) is 0.583. The minimum absolute atomic E-state index is 0.146. The van der Waals surface area contributed by atoms with E-state index in [2.05, 4.69) is 4.98 Å². The summed E-state index contributed by atoms with van der Waals surface area (Å²) in [5, 5.41) is 19.7. The minimum Gasteiger partial charge on any atom is -0.394 e. The molecule has 17 heavy (non-hydrogen) atoms. The summed E-state index contributed by atoms with van der Waals surface area (Å²) in [4.78, 5) is 4.45. The lowest BCUT2D eigenvalue weighted by Crippen LogP contribution is -2.24. The number of nitrogens with zero attached hydrogens (tertiary/aromatic N) is 1. The molecule has 1 aliphatic rings. The van der Waals surface area contributed by atoms with Gasteiger partial charge in [0.1, 0.15) is 6.10 Å². The molecule has 1 fully saturated rings. The van der Waals surface area contributed by atoms with Crippen LogP contribution < -0.4 is 0 Å². The second-order valence-corrected chi connectivity index (χ2v) is 5.00. The van der Waals surface area contributed by atoms with Crippen molar-refractivity contribution >= 4 is 11.8 Å². The van der Waals surface area contributed by atoms with Gasteiger partial charge in [0.05, 0.1) is 23.8 Å². The zero-order valence-electron chi connectivity index (χ0n) is 9.96. The molecule has 0 spiro atoms. The first-order valence-corrected chi connectivity index (χ1v) is 6.84. The van der Waals surface area contributed by atoms with Crippen LogP contribution in [-0.4, -0.2) is 40.3 Å². The summed E-state index contributed by atoms with van der Waals surface area (Å²) in [6.45, 7) is 1.80. The van der Waals surface area contributed by atoms with Crippen molar-refractivity contribution in [2.24, 2.45) is 0 Å². The average molecular weight is 255 g/mol. The highest BCUT2D eigenvalue weighted by Gasteiger charge is 2.35. The van der Waals surface area contributed by atoms with Crippen LogP contribution in [0.3, 0.4) is 0 Å². The van der Waals surface area contributed by atoms with Gasteiger partial charge in [-0.05, 0) is 19.2 Å². The van der Waals surface area contributed by atoms with Crippen LogP contribution in [0.25, 0.3) is 0 Å². The summed E-state index contributed by atoms with van der Waals surface area (Å²) < 4.78 is 5.62. The van der Waals surface area contributed by atoms with Crippen molar-refractivity contribution in [1.82, 2.24) is 4.98 Å². The maximum absolute atomic E-state index is 9.70. The van der Waals surface area contributed by atoms with Crippen LogP contribution in [0.5, 0.6) is 0 Å². The molecule has 3 atom stereocenters. The molecule has 0 radical (unpaired) electrons. The second-order valence-electron chi connectivity index (χ2n) is 4.18. The first-order chi connectivity index (χ1) is 8.15. The van der Waals surface area contributed by atoms with Crippen molar-refractivity contribution in [3.05, 3.63) is 23.4 Å². The second kappa shape index (κ2) is 5.35. The van der Waals surface area contributed by atoms with E-state index in [0.717, 1.165) is 16.3 Å². The van der Waals surface area contributed by atoms with Crippen LogP contribution in [0.2, 0.25) is 0 Å². The standard InChI is InChI=1S/C12H17NO3S/c1-7-8(3-4-12(13-7)17-2)10-5-9(15)11(6-14)16-10/h3-4,9-11,14-15H,5-6H2,1-2H3/t9-,10+,11+/m0/s1. The number of aliphatic hydroxyl groups excluding tert-OH is 2. The van der Waals surface area contributed by atoms with Crippen molar-refractivity contribution < 1.29 is 14.9 Å². The van der Waals surface area contributed by atoms with Crippen molar-refractivity contribution in [1.29, 1.82) is 0 Å². The number of thioether (sulfide) groups is 1. The van der Waals surface area contributed by atoms with Gasteiger partial charge in [-0.25, -0.2) is 4.98 Å². The third-order valence-corrected chi connectivity index (χ3v) is 3.71. The van der Waals surface area contributed by atoms with E-state index in [1.165, 1.54) is 0 Å². The normalized spacial score (nSPS) is 28.6. The van der Waals surface area contributed by atoms with Crippen LogP contribution in [0.4, 0.5) is 0 Å². The maximum Gasteiger partial charge on any atom is 0.107 e. The van der Waals surface area contributed by atoms with E-state index in [9.17, 15) is 5.11 Å². The molecule has 1 aromatic heterocycles. The highest BCUT2D eigenvalue weighted by atomic mass is 32.2. The predicted molar refractivity (Wildman–Crippen MR) is 66.1 cm³/mol. The highest BCUT2D eigenvalue weighted by Crippen LogP contribution is 2.34. The molecule has 1 aliphatic heterocycles. The number of pyridine rings is 1. The predicted octanol–water partition coefficient (Wildman–Crippen LogP) is 1.30. The number of ether oxygens (including phenoxy) is 1. The molecule has 0 amide bonds. The van der Waals surface area contributed by atoms with Gasteiger partial charge in [0.25, 0.3) is 0 Å². The third kappa shape index (κ3) is 2.63. The first-order valence-electron chi connectivity index (χ1n) is 5.61. The lowest BCUT2D eigenvalue weighted by molar-refractivity contribution is -0.0228. The number of aryl methyl sites for hydroxylation is 1. The Morgan fingerprint density at radius 3 is 2.82 bits per heavy atom. The molecular weight excluding hydrogens is 238 g/mol. The average Bonchev–Trinajstić information content (AvgIpc) is 2.70. The Balaban J connectivity index is 2.18. The lowest BCUT2D eigenvalue weighted by atomic mass is 10.0. The van der Waals surface area contributed by atoms with Crippen LogP contribution >= 0.6 is 11.8 Å². The molecule has 1 aromatic rings. The smallest absolute Gasteiger partial charge is 0.107 e. The van der Waals surface area contributed by atoms with E-state index in [-0.39, 0.29) is 12.7 Å². The summed E-state index contributed by atoms with van der Waals surface area (Å²) in [6, 6.07) is 3.94.